The highest BCUT2D eigenvalue weighted by Crippen LogP contribution is 2.47. The van der Waals surface area contributed by atoms with E-state index in [9.17, 15) is 4.79 Å². The molecule has 0 spiro atoms. The molecular formula is C28H27ClN6O5. The normalized spacial score (nSPS) is 15.9. The highest BCUT2D eigenvalue weighted by Gasteiger charge is 2.36. The number of halogens is 1. The Morgan fingerprint density at radius 3 is 2.75 bits per heavy atom. The Labute approximate surface area is 236 Å². The maximum absolute atomic E-state index is 11.8. The van der Waals surface area contributed by atoms with Crippen molar-refractivity contribution >= 4 is 23.4 Å². The van der Waals surface area contributed by atoms with Crippen LogP contribution < -0.4 is 9.47 Å². The molecular weight excluding hydrogens is 536 g/mol. The van der Waals surface area contributed by atoms with Crippen LogP contribution in [0.25, 0.3) is 10.5 Å². The number of carbonyl (C=O) groups excluding carboxylic acids is 1. The number of para-hydroxylation sites is 1. The van der Waals surface area contributed by atoms with E-state index in [0.29, 0.717) is 35.3 Å². The topological polar surface area (TPSA) is 107 Å². The van der Waals surface area contributed by atoms with Crippen molar-refractivity contribution in [3.63, 3.8) is 0 Å². The minimum absolute atomic E-state index is 0.0568. The van der Waals surface area contributed by atoms with Crippen LogP contribution in [-0.2, 0) is 27.2 Å². The van der Waals surface area contributed by atoms with Crippen molar-refractivity contribution < 1.29 is 23.7 Å². The van der Waals surface area contributed by atoms with E-state index in [0.717, 1.165) is 22.5 Å². The Hall–Kier alpha value is -4.40. The summed E-state index contributed by atoms with van der Waals surface area (Å²) in [7, 11) is 3.16. The second-order valence-corrected chi connectivity index (χ2v) is 9.36. The molecule has 0 N–H and O–H groups in total. The molecule has 12 heteroatoms. The predicted molar refractivity (Wildman–Crippen MR) is 145 cm³/mol. The molecule has 0 amide bonds. The van der Waals surface area contributed by atoms with E-state index in [4.69, 9.17) is 37.1 Å². The first-order valence-electron chi connectivity index (χ1n) is 12.6. The van der Waals surface area contributed by atoms with E-state index < -0.39 is 18.2 Å². The van der Waals surface area contributed by atoms with Gasteiger partial charge in [0, 0.05) is 22.6 Å². The van der Waals surface area contributed by atoms with Crippen molar-refractivity contribution in [3.05, 3.63) is 87.6 Å². The molecule has 0 unspecified atom stereocenters. The molecule has 0 saturated carbocycles. The minimum atomic E-state index is -0.606. The third-order valence-corrected chi connectivity index (χ3v) is 6.79. The van der Waals surface area contributed by atoms with Gasteiger partial charge >= 0.3 is 5.97 Å². The zero-order valence-electron chi connectivity index (χ0n) is 22.2. The molecule has 0 aliphatic carbocycles. The lowest BCUT2D eigenvalue weighted by atomic mass is 9.98. The summed E-state index contributed by atoms with van der Waals surface area (Å²) >= 11 is 6.48. The molecule has 2 aromatic carbocycles. The summed E-state index contributed by atoms with van der Waals surface area (Å²) in [5.41, 5.74) is 3.11. The fraction of sp³-hybridized carbons (Fsp3) is 0.321. The van der Waals surface area contributed by atoms with Crippen molar-refractivity contribution in [1.29, 1.82) is 0 Å². The third kappa shape index (κ3) is 5.23. The lowest BCUT2D eigenvalue weighted by Gasteiger charge is -2.24. The van der Waals surface area contributed by atoms with Gasteiger partial charge in [0.2, 0.25) is 5.82 Å². The molecule has 206 valence electrons. The first-order valence-corrected chi connectivity index (χ1v) is 13.0. The van der Waals surface area contributed by atoms with Gasteiger partial charge in [-0.2, -0.15) is 4.80 Å². The van der Waals surface area contributed by atoms with Gasteiger partial charge in [-0.3, -0.25) is 9.36 Å². The number of hydrogen-bond donors (Lipinski definition) is 0. The Morgan fingerprint density at radius 1 is 1.15 bits per heavy atom. The monoisotopic (exact) mass is 562 g/mol. The van der Waals surface area contributed by atoms with Crippen molar-refractivity contribution in [2.24, 2.45) is 0 Å². The number of hydrogen-bond acceptors (Lipinski definition) is 8. The summed E-state index contributed by atoms with van der Waals surface area (Å²) in [5.74, 6) is 1.42. The number of tetrazole rings is 1. The number of esters is 1. The number of nitrogens with zero attached hydrogens (tertiary/aromatic N) is 6. The largest absolute Gasteiger partial charge is 0.493 e. The number of carbonyl (C=O) groups is 1. The molecule has 2 aromatic heterocycles. The molecule has 11 nitrogen and oxygen atoms in total. The SMILES string of the molecule is [C-]#[N+]c1ccc2n1-c1ccc(Cl)cc1[C@@H](c1cccc(OC)c1OC)O[C@@H]2CCn1nnc(CC(=O)OCC)n1. The third-order valence-electron chi connectivity index (χ3n) is 6.56. The first-order chi connectivity index (χ1) is 19.5. The summed E-state index contributed by atoms with van der Waals surface area (Å²) < 4.78 is 25.0. The second kappa shape index (κ2) is 11.8. The van der Waals surface area contributed by atoms with Crippen LogP contribution in [0.1, 0.15) is 48.2 Å². The lowest BCUT2D eigenvalue weighted by Crippen LogP contribution is -2.15. The van der Waals surface area contributed by atoms with Gasteiger partial charge in [-0.1, -0.05) is 30.3 Å². The van der Waals surface area contributed by atoms with Gasteiger partial charge in [0.15, 0.2) is 17.3 Å². The average molecular weight is 563 g/mol. The van der Waals surface area contributed by atoms with Crippen LogP contribution >= 0.6 is 11.6 Å². The Balaban J connectivity index is 1.55. The highest BCUT2D eigenvalue weighted by atomic mass is 35.5. The van der Waals surface area contributed by atoms with Crippen molar-refractivity contribution in [2.75, 3.05) is 20.8 Å². The number of aryl methyl sites for hydroxylation is 1. The zero-order valence-corrected chi connectivity index (χ0v) is 23.0. The van der Waals surface area contributed by atoms with Crippen LogP contribution in [0.4, 0.5) is 5.82 Å². The second-order valence-electron chi connectivity index (χ2n) is 8.93. The smallest absolute Gasteiger partial charge is 0.313 e. The summed E-state index contributed by atoms with van der Waals surface area (Å²) in [6, 6.07) is 14.8. The van der Waals surface area contributed by atoms with E-state index in [1.54, 1.807) is 33.3 Å². The molecule has 1 aliphatic heterocycles. The minimum Gasteiger partial charge on any atom is -0.493 e. The van der Waals surface area contributed by atoms with Crippen molar-refractivity contribution in [3.8, 4) is 17.2 Å². The molecule has 3 heterocycles. The van der Waals surface area contributed by atoms with Crippen molar-refractivity contribution in [1.82, 2.24) is 24.8 Å². The maximum atomic E-state index is 11.8. The van der Waals surface area contributed by atoms with Gasteiger partial charge < -0.3 is 23.8 Å². The molecule has 4 aromatic rings. The van der Waals surface area contributed by atoms with Crippen LogP contribution in [0.3, 0.4) is 0 Å². The quantitative estimate of drug-likeness (QED) is 0.206. The average Bonchev–Trinajstić information content (AvgIpc) is 3.56. The predicted octanol–water partition coefficient (Wildman–Crippen LogP) is 5.04. The number of rotatable bonds is 9. The molecule has 2 atom stereocenters. The van der Waals surface area contributed by atoms with Gasteiger partial charge in [-0.25, -0.2) is 0 Å². The van der Waals surface area contributed by atoms with Gasteiger partial charge in [-0.15, -0.1) is 10.2 Å². The molecule has 40 heavy (non-hydrogen) atoms. The van der Waals surface area contributed by atoms with Crippen LogP contribution in [0.5, 0.6) is 11.5 Å². The van der Waals surface area contributed by atoms with Crippen LogP contribution in [0.15, 0.2) is 48.5 Å². The maximum Gasteiger partial charge on any atom is 0.313 e. The summed E-state index contributed by atoms with van der Waals surface area (Å²) in [5, 5.41) is 12.9. The van der Waals surface area contributed by atoms with E-state index in [-0.39, 0.29) is 18.9 Å². The number of fused-ring (bicyclic) bond motifs is 3. The lowest BCUT2D eigenvalue weighted by molar-refractivity contribution is -0.142. The Bertz CT molecular complexity index is 1580. The molecule has 0 bridgehead atoms. The molecule has 0 saturated heterocycles. The van der Waals surface area contributed by atoms with Crippen molar-refractivity contribution in [2.45, 2.75) is 38.5 Å². The number of ether oxygens (including phenoxy) is 4. The fourth-order valence-electron chi connectivity index (χ4n) is 4.88. The summed E-state index contributed by atoms with van der Waals surface area (Å²) in [4.78, 5) is 17.0. The van der Waals surface area contributed by atoms with E-state index in [1.165, 1.54) is 4.80 Å². The van der Waals surface area contributed by atoms with E-state index in [2.05, 4.69) is 20.3 Å². The highest BCUT2D eigenvalue weighted by molar-refractivity contribution is 6.30. The summed E-state index contributed by atoms with van der Waals surface area (Å²) in [6.07, 6.45) is -0.702. The molecule has 0 fully saturated rings. The van der Waals surface area contributed by atoms with E-state index in [1.807, 2.05) is 41.0 Å². The molecule has 1 aliphatic rings. The van der Waals surface area contributed by atoms with Crippen LogP contribution in [0.2, 0.25) is 5.02 Å². The Morgan fingerprint density at radius 2 is 2.00 bits per heavy atom. The van der Waals surface area contributed by atoms with Crippen LogP contribution in [0, 0.1) is 6.57 Å². The Kier molecular flexibility index (Phi) is 8.00. The number of benzene rings is 2. The standard InChI is InChI=1S/C28H27ClN6O5/c1-5-39-26(36)16-24-31-33-34(32-24)14-13-22-21-11-12-25(30-2)35(21)20-10-9-17(29)15-19(20)27(40-22)18-7-6-8-23(37-3)28(18)38-4/h6-12,15,22,27H,5,13-14,16H2,1,3-4H3/t22-,27-/m1/s1. The molecule has 0 radical (unpaired) electrons. The number of aromatic nitrogens is 5. The van der Waals surface area contributed by atoms with E-state index >= 15 is 0 Å². The summed E-state index contributed by atoms with van der Waals surface area (Å²) in [6.45, 7) is 10.2. The molecule has 5 rings (SSSR count). The van der Waals surface area contributed by atoms with Gasteiger partial charge in [0.1, 0.15) is 30.0 Å². The van der Waals surface area contributed by atoms with Gasteiger partial charge in [-0.05, 0) is 48.5 Å². The number of methoxy groups -OCH3 is 2. The fourth-order valence-corrected chi connectivity index (χ4v) is 5.06. The van der Waals surface area contributed by atoms with Gasteiger partial charge in [0.05, 0.1) is 27.4 Å². The van der Waals surface area contributed by atoms with Crippen LogP contribution in [-0.4, -0.2) is 51.6 Å². The van der Waals surface area contributed by atoms with Gasteiger partial charge in [0.25, 0.3) is 0 Å². The zero-order chi connectivity index (χ0) is 28.2. The first kappa shape index (κ1) is 27.2.